The van der Waals surface area contributed by atoms with E-state index in [1.54, 1.807) is 0 Å². The lowest BCUT2D eigenvalue weighted by Crippen LogP contribution is -2.44. The van der Waals surface area contributed by atoms with Crippen LogP contribution in [0.1, 0.15) is 23.3 Å². The molecule has 0 unspecified atom stereocenters. The van der Waals surface area contributed by atoms with Crippen LogP contribution in [0.3, 0.4) is 0 Å². The van der Waals surface area contributed by atoms with Gasteiger partial charge in [0.25, 0.3) is 6.01 Å². The van der Waals surface area contributed by atoms with Crippen LogP contribution >= 0.6 is 11.3 Å². The molecule has 134 valence electrons. The highest BCUT2D eigenvalue weighted by molar-refractivity contribution is 7.10. The highest BCUT2D eigenvalue weighted by atomic mass is 32.1. The number of piperidine rings is 1. The summed E-state index contributed by atoms with van der Waals surface area (Å²) in [5, 5.41) is 2.14. The Kier molecular flexibility index (Phi) is 3.93. The van der Waals surface area contributed by atoms with Gasteiger partial charge in [-0.05, 0) is 48.4 Å². The average molecular weight is 367 g/mol. The Morgan fingerprint density at radius 3 is 2.85 bits per heavy atom. The number of thiophene rings is 1. The molecule has 0 atom stereocenters. The Morgan fingerprint density at radius 1 is 1.15 bits per heavy atom. The van der Waals surface area contributed by atoms with Gasteiger partial charge >= 0.3 is 0 Å². The summed E-state index contributed by atoms with van der Waals surface area (Å²) in [5.41, 5.74) is 3.04. The molecule has 0 saturated carbocycles. The number of carbonyl (C=O) groups is 1. The third kappa shape index (κ3) is 2.78. The number of carbonyl (C=O) groups excluding carboxylic acids is 1. The van der Waals surface area contributed by atoms with Crippen LogP contribution in [-0.2, 0) is 17.8 Å². The quantitative estimate of drug-likeness (QED) is 0.693. The van der Waals surface area contributed by atoms with Crippen molar-refractivity contribution in [3.63, 3.8) is 0 Å². The van der Waals surface area contributed by atoms with Gasteiger partial charge in [0.05, 0.1) is 0 Å². The molecule has 0 radical (unpaired) electrons. The Bertz CT molecular complexity index is 906. The largest absolute Gasteiger partial charge is 0.423 e. The van der Waals surface area contributed by atoms with Gasteiger partial charge in [-0.1, -0.05) is 12.1 Å². The van der Waals surface area contributed by atoms with E-state index in [9.17, 15) is 4.79 Å². The van der Waals surface area contributed by atoms with E-state index in [1.165, 1.54) is 10.4 Å². The monoisotopic (exact) mass is 367 g/mol. The molecule has 1 amide bonds. The Labute approximate surface area is 156 Å². The topological polar surface area (TPSA) is 49.6 Å². The fourth-order valence-electron chi connectivity index (χ4n) is 4.01. The first-order valence-electron chi connectivity index (χ1n) is 9.22. The highest BCUT2D eigenvalue weighted by Gasteiger charge is 2.31. The number of para-hydroxylation sites is 2. The van der Waals surface area contributed by atoms with Crippen LogP contribution in [0.5, 0.6) is 0 Å². The van der Waals surface area contributed by atoms with Gasteiger partial charge in [-0.25, -0.2) is 0 Å². The van der Waals surface area contributed by atoms with Crippen LogP contribution in [0.15, 0.2) is 40.1 Å². The van der Waals surface area contributed by atoms with E-state index in [-0.39, 0.29) is 5.92 Å². The zero-order chi connectivity index (χ0) is 17.5. The number of hydrogen-bond acceptors (Lipinski definition) is 5. The van der Waals surface area contributed by atoms with Crippen molar-refractivity contribution in [1.82, 2.24) is 9.88 Å². The minimum absolute atomic E-state index is 0.121. The van der Waals surface area contributed by atoms with Crippen LogP contribution in [-0.4, -0.2) is 35.4 Å². The summed E-state index contributed by atoms with van der Waals surface area (Å²) in [7, 11) is 0. The molecule has 5 rings (SSSR count). The van der Waals surface area contributed by atoms with E-state index in [4.69, 9.17) is 4.42 Å². The molecule has 2 aromatic heterocycles. The van der Waals surface area contributed by atoms with E-state index < -0.39 is 0 Å². The zero-order valence-electron chi connectivity index (χ0n) is 14.6. The predicted octanol–water partition coefficient (Wildman–Crippen LogP) is 3.69. The van der Waals surface area contributed by atoms with E-state index in [2.05, 4.69) is 26.2 Å². The number of amides is 1. The number of hydrogen-bond donors (Lipinski definition) is 0. The molecule has 26 heavy (non-hydrogen) atoms. The van der Waals surface area contributed by atoms with Gasteiger partial charge in [0.2, 0.25) is 5.91 Å². The molecule has 1 saturated heterocycles. The van der Waals surface area contributed by atoms with Gasteiger partial charge in [0, 0.05) is 37.0 Å². The maximum absolute atomic E-state index is 12.9. The van der Waals surface area contributed by atoms with Crippen molar-refractivity contribution in [3.8, 4) is 0 Å². The van der Waals surface area contributed by atoms with E-state index in [0.29, 0.717) is 11.9 Å². The van der Waals surface area contributed by atoms with Crippen LogP contribution in [0, 0.1) is 5.92 Å². The first kappa shape index (κ1) is 15.9. The Balaban J connectivity index is 1.23. The third-order valence-electron chi connectivity index (χ3n) is 5.52. The van der Waals surface area contributed by atoms with Crippen molar-refractivity contribution in [2.45, 2.75) is 25.8 Å². The molecular formula is C20H21N3O2S. The molecule has 3 aromatic rings. The van der Waals surface area contributed by atoms with Gasteiger partial charge in [-0.15, -0.1) is 11.3 Å². The first-order valence-corrected chi connectivity index (χ1v) is 10.1. The average Bonchev–Trinajstić information content (AvgIpc) is 3.33. The second kappa shape index (κ2) is 6.43. The molecule has 4 heterocycles. The number of nitrogens with zero attached hydrogens (tertiary/aromatic N) is 3. The molecule has 1 fully saturated rings. The van der Waals surface area contributed by atoms with Crippen LogP contribution in [0.4, 0.5) is 6.01 Å². The lowest BCUT2D eigenvalue weighted by molar-refractivity contribution is -0.137. The smallest absolute Gasteiger partial charge is 0.298 e. The van der Waals surface area contributed by atoms with Crippen molar-refractivity contribution in [2.24, 2.45) is 5.92 Å². The molecule has 0 aliphatic carbocycles. The number of rotatable bonds is 2. The fourth-order valence-corrected chi connectivity index (χ4v) is 4.90. The van der Waals surface area contributed by atoms with Crippen molar-refractivity contribution in [3.05, 3.63) is 46.2 Å². The van der Waals surface area contributed by atoms with Crippen LogP contribution < -0.4 is 4.90 Å². The molecule has 1 aromatic carbocycles. The van der Waals surface area contributed by atoms with Crippen molar-refractivity contribution in [2.75, 3.05) is 24.5 Å². The fraction of sp³-hybridized carbons (Fsp3) is 0.400. The molecular weight excluding hydrogens is 346 g/mol. The number of benzene rings is 1. The molecule has 2 aliphatic heterocycles. The zero-order valence-corrected chi connectivity index (χ0v) is 15.4. The molecule has 2 aliphatic rings. The SMILES string of the molecule is O=C(C1CCN(c2nc3ccccc3o2)CC1)N1CCc2sccc2C1. The molecule has 0 bridgehead atoms. The summed E-state index contributed by atoms with van der Waals surface area (Å²) >= 11 is 1.81. The van der Waals surface area contributed by atoms with Crippen molar-refractivity contribution >= 4 is 34.4 Å². The third-order valence-corrected chi connectivity index (χ3v) is 6.54. The summed E-state index contributed by atoms with van der Waals surface area (Å²) < 4.78 is 5.87. The summed E-state index contributed by atoms with van der Waals surface area (Å²) in [6.07, 6.45) is 2.73. The Morgan fingerprint density at radius 2 is 2.00 bits per heavy atom. The number of oxazole rings is 1. The number of anilines is 1. The maximum atomic E-state index is 12.9. The maximum Gasteiger partial charge on any atom is 0.298 e. The summed E-state index contributed by atoms with van der Waals surface area (Å²) in [6, 6.07) is 10.7. The molecule has 6 heteroatoms. The van der Waals surface area contributed by atoms with Gasteiger partial charge < -0.3 is 14.2 Å². The molecule has 5 nitrogen and oxygen atoms in total. The molecule has 0 N–H and O–H groups in total. The second-order valence-electron chi connectivity index (χ2n) is 7.10. The standard InChI is InChI=1S/C20H21N3O2S/c24-19(23-11-7-18-15(13-23)8-12-26-18)14-5-9-22(10-6-14)20-21-16-3-1-2-4-17(16)25-20/h1-4,8,12,14H,5-7,9-11,13H2. The minimum atomic E-state index is 0.121. The lowest BCUT2D eigenvalue weighted by Gasteiger charge is -2.35. The first-order chi connectivity index (χ1) is 12.8. The van der Waals surface area contributed by atoms with Gasteiger partial charge in [-0.2, -0.15) is 4.98 Å². The summed E-state index contributed by atoms with van der Waals surface area (Å²) in [5.74, 6) is 0.440. The summed E-state index contributed by atoms with van der Waals surface area (Å²) in [4.78, 5) is 23.2. The van der Waals surface area contributed by atoms with Gasteiger partial charge in [0.1, 0.15) is 5.52 Å². The van der Waals surface area contributed by atoms with Gasteiger partial charge in [0.15, 0.2) is 5.58 Å². The Hall–Kier alpha value is -2.34. The summed E-state index contributed by atoms with van der Waals surface area (Å²) in [6.45, 7) is 3.28. The molecule has 0 spiro atoms. The van der Waals surface area contributed by atoms with E-state index in [1.807, 2.05) is 35.6 Å². The van der Waals surface area contributed by atoms with E-state index >= 15 is 0 Å². The van der Waals surface area contributed by atoms with Crippen LogP contribution in [0.25, 0.3) is 11.1 Å². The van der Waals surface area contributed by atoms with E-state index in [0.717, 1.165) is 56.5 Å². The van der Waals surface area contributed by atoms with Crippen LogP contribution in [0.2, 0.25) is 0 Å². The van der Waals surface area contributed by atoms with Gasteiger partial charge in [-0.3, -0.25) is 4.79 Å². The van der Waals surface area contributed by atoms with Crippen molar-refractivity contribution in [1.29, 1.82) is 0 Å². The number of aromatic nitrogens is 1. The lowest BCUT2D eigenvalue weighted by atomic mass is 9.94. The normalized spacial score (nSPS) is 18.3. The minimum Gasteiger partial charge on any atom is -0.423 e. The number of fused-ring (bicyclic) bond motifs is 2. The second-order valence-corrected chi connectivity index (χ2v) is 8.10. The predicted molar refractivity (Wildman–Crippen MR) is 102 cm³/mol. The van der Waals surface area contributed by atoms with Crippen molar-refractivity contribution < 1.29 is 9.21 Å². The highest BCUT2D eigenvalue weighted by Crippen LogP contribution is 2.29.